The van der Waals surface area contributed by atoms with Crippen molar-refractivity contribution in [1.82, 2.24) is 0 Å². The summed E-state index contributed by atoms with van der Waals surface area (Å²) in [5.41, 5.74) is 0.632. The molecule has 5 nitrogen and oxygen atoms in total. The zero-order valence-electron chi connectivity index (χ0n) is 11.4. The molecule has 0 unspecified atom stereocenters. The van der Waals surface area contributed by atoms with E-state index in [0.29, 0.717) is 11.4 Å². The van der Waals surface area contributed by atoms with Crippen molar-refractivity contribution in [3.63, 3.8) is 0 Å². The number of rotatable bonds is 4. The lowest BCUT2D eigenvalue weighted by Crippen LogP contribution is -2.14. The molecule has 0 bridgehead atoms. The topological polar surface area (TPSA) is 75.3 Å². The maximum absolute atomic E-state index is 13.3. The Kier molecular flexibility index (Phi) is 4.68. The van der Waals surface area contributed by atoms with Crippen molar-refractivity contribution in [2.75, 3.05) is 16.3 Å². The summed E-state index contributed by atoms with van der Waals surface area (Å²) in [6.45, 7) is 0. The normalized spacial score (nSPS) is 11.0. The van der Waals surface area contributed by atoms with Crippen molar-refractivity contribution >= 4 is 38.9 Å². The van der Waals surface area contributed by atoms with Gasteiger partial charge >= 0.3 is 0 Å². The second-order valence-corrected chi connectivity index (χ2v) is 6.64. The standard InChI is InChI=1S/C14H12ClFN2O3S/c1-22(20,21)18-10-5-2-4-9(8-10)17-14(19)11-6-3-7-12(16)13(11)15/h2-8,18H,1H3,(H,17,19). The summed E-state index contributed by atoms with van der Waals surface area (Å²) in [5.74, 6) is -1.29. The van der Waals surface area contributed by atoms with Gasteiger partial charge in [0.25, 0.3) is 5.91 Å². The number of hydrogen-bond acceptors (Lipinski definition) is 3. The summed E-state index contributed by atoms with van der Waals surface area (Å²) in [6, 6.07) is 10.0. The highest BCUT2D eigenvalue weighted by Crippen LogP contribution is 2.22. The smallest absolute Gasteiger partial charge is 0.257 e. The average molecular weight is 343 g/mol. The van der Waals surface area contributed by atoms with Gasteiger partial charge < -0.3 is 5.32 Å². The minimum atomic E-state index is -3.42. The third kappa shape index (κ3) is 4.19. The summed E-state index contributed by atoms with van der Waals surface area (Å²) in [5, 5.41) is 2.25. The van der Waals surface area contributed by atoms with Gasteiger partial charge in [0.2, 0.25) is 10.0 Å². The maximum atomic E-state index is 13.3. The van der Waals surface area contributed by atoms with E-state index in [1.54, 1.807) is 12.1 Å². The lowest BCUT2D eigenvalue weighted by Gasteiger charge is -2.09. The molecule has 0 fully saturated rings. The van der Waals surface area contributed by atoms with E-state index < -0.39 is 21.7 Å². The highest BCUT2D eigenvalue weighted by atomic mass is 35.5. The summed E-state index contributed by atoms with van der Waals surface area (Å²) in [4.78, 5) is 12.1. The van der Waals surface area contributed by atoms with Gasteiger partial charge in [0.15, 0.2) is 0 Å². The van der Waals surface area contributed by atoms with Crippen molar-refractivity contribution < 1.29 is 17.6 Å². The van der Waals surface area contributed by atoms with Crippen LogP contribution in [0.25, 0.3) is 0 Å². The van der Waals surface area contributed by atoms with Gasteiger partial charge in [-0.2, -0.15) is 0 Å². The number of amides is 1. The fraction of sp³-hybridized carbons (Fsp3) is 0.0714. The molecule has 0 aliphatic rings. The van der Waals surface area contributed by atoms with Crippen LogP contribution in [0.1, 0.15) is 10.4 Å². The SMILES string of the molecule is CS(=O)(=O)Nc1cccc(NC(=O)c2cccc(F)c2Cl)c1. The molecule has 116 valence electrons. The van der Waals surface area contributed by atoms with Gasteiger partial charge in [0.05, 0.1) is 22.5 Å². The Balaban J connectivity index is 2.22. The van der Waals surface area contributed by atoms with E-state index in [2.05, 4.69) is 10.0 Å². The minimum absolute atomic E-state index is 0.0110. The molecule has 0 spiro atoms. The van der Waals surface area contributed by atoms with E-state index in [0.717, 1.165) is 12.3 Å². The van der Waals surface area contributed by atoms with Crippen molar-refractivity contribution in [3.8, 4) is 0 Å². The van der Waals surface area contributed by atoms with Crippen LogP contribution in [0.5, 0.6) is 0 Å². The van der Waals surface area contributed by atoms with Gasteiger partial charge in [-0.05, 0) is 30.3 Å². The van der Waals surface area contributed by atoms with Crippen LogP contribution in [0.15, 0.2) is 42.5 Å². The highest BCUT2D eigenvalue weighted by molar-refractivity contribution is 7.92. The molecule has 0 heterocycles. The van der Waals surface area contributed by atoms with Crippen LogP contribution in [0, 0.1) is 5.82 Å². The largest absolute Gasteiger partial charge is 0.322 e. The molecule has 2 N–H and O–H groups in total. The second-order valence-electron chi connectivity index (χ2n) is 4.51. The average Bonchev–Trinajstić information content (AvgIpc) is 2.40. The predicted molar refractivity (Wildman–Crippen MR) is 84.3 cm³/mol. The summed E-state index contributed by atoms with van der Waals surface area (Å²) >= 11 is 5.75. The number of hydrogen-bond donors (Lipinski definition) is 2. The van der Waals surface area contributed by atoms with Crippen molar-refractivity contribution in [2.24, 2.45) is 0 Å². The van der Waals surface area contributed by atoms with Gasteiger partial charge in [0.1, 0.15) is 5.82 Å². The molecule has 0 atom stereocenters. The number of sulfonamides is 1. The molecule has 0 aliphatic carbocycles. The van der Waals surface area contributed by atoms with Gasteiger partial charge in [-0.1, -0.05) is 23.7 Å². The molecular formula is C14H12ClFN2O3S. The van der Waals surface area contributed by atoms with E-state index in [1.807, 2.05) is 0 Å². The number of carbonyl (C=O) groups is 1. The Morgan fingerprint density at radius 2 is 1.77 bits per heavy atom. The first kappa shape index (κ1) is 16.3. The molecule has 2 aromatic carbocycles. The lowest BCUT2D eigenvalue weighted by atomic mass is 10.2. The van der Waals surface area contributed by atoms with Crippen LogP contribution in [-0.2, 0) is 10.0 Å². The Labute approximate surface area is 132 Å². The van der Waals surface area contributed by atoms with Crippen LogP contribution in [0.2, 0.25) is 5.02 Å². The number of carbonyl (C=O) groups excluding carboxylic acids is 1. The Hall–Kier alpha value is -2.12. The first-order valence-corrected chi connectivity index (χ1v) is 8.36. The molecule has 2 rings (SSSR count). The monoisotopic (exact) mass is 342 g/mol. The zero-order chi connectivity index (χ0) is 16.3. The molecule has 2 aromatic rings. The molecule has 0 aliphatic heterocycles. The van der Waals surface area contributed by atoms with E-state index in [1.165, 1.54) is 24.3 Å². The first-order chi connectivity index (χ1) is 10.3. The van der Waals surface area contributed by atoms with Gasteiger partial charge in [-0.25, -0.2) is 12.8 Å². The molecule has 0 saturated heterocycles. The molecular weight excluding hydrogens is 331 g/mol. The quantitative estimate of drug-likeness (QED) is 0.896. The summed E-state index contributed by atoms with van der Waals surface area (Å²) in [6.07, 6.45) is 1.02. The van der Waals surface area contributed by atoms with Crippen molar-refractivity contribution in [1.29, 1.82) is 0 Å². The van der Waals surface area contributed by atoms with E-state index in [4.69, 9.17) is 11.6 Å². The summed E-state index contributed by atoms with van der Waals surface area (Å²) < 4.78 is 38.0. The second kappa shape index (κ2) is 6.33. The fourth-order valence-corrected chi connectivity index (χ4v) is 2.52. The van der Waals surface area contributed by atoms with Crippen LogP contribution in [-0.4, -0.2) is 20.6 Å². The minimum Gasteiger partial charge on any atom is -0.322 e. The third-order valence-corrected chi connectivity index (χ3v) is 3.61. The third-order valence-electron chi connectivity index (χ3n) is 2.62. The van der Waals surface area contributed by atoms with Crippen LogP contribution < -0.4 is 10.0 Å². The van der Waals surface area contributed by atoms with Gasteiger partial charge in [-0.15, -0.1) is 0 Å². The summed E-state index contributed by atoms with van der Waals surface area (Å²) in [7, 11) is -3.42. The molecule has 8 heteroatoms. The van der Waals surface area contributed by atoms with Gasteiger partial charge in [0, 0.05) is 5.69 Å². The maximum Gasteiger partial charge on any atom is 0.257 e. The van der Waals surface area contributed by atoms with Crippen LogP contribution in [0.4, 0.5) is 15.8 Å². The zero-order valence-corrected chi connectivity index (χ0v) is 13.0. The van der Waals surface area contributed by atoms with Crippen LogP contribution in [0.3, 0.4) is 0 Å². The fourth-order valence-electron chi connectivity index (χ4n) is 1.75. The molecule has 0 saturated carbocycles. The van der Waals surface area contributed by atoms with E-state index in [-0.39, 0.29) is 10.6 Å². The molecule has 0 radical (unpaired) electrons. The lowest BCUT2D eigenvalue weighted by molar-refractivity contribution is 0.102. The number of anilines is 2. The number of nitrogens with one attached hydrogen (secondary N) is 2. The highest BCUT2D eigenvalue weighted by Gasteiger charge is 2.14. The Bertz CT molecular complexity index is 825. The van der Waals surface area contributed by atoms with Crippen molar-refractivity contribution in [3.05, 3.63) is 58.9 Å². The predicted octanol–water partition coefficient (Wildman–Crippen LogP) is 3.10. The van der Waals surface area contributed by atoms with Crippen LogP contribution >= 0.6 is 11.6 Å². The van der Waals surface area contributed by atoms with E-state index >= 15 is 0 Å². The van der Waals surface area contributed by atoms with E-state index in [9.17, 15) is 17.6 Å². The van der Waals surface area contributed by atoms with Gasteiger partial charge in [-0.3, -0.25) is 9.52 Å². The van der Waals surface area contributed by atoms with Crippen molar-refractivity contribution in [2.45, 2.75) is 0 Å². The Morgan fingerprint density at radius 1 is 1.14 bits per heavy atom. The Morgan fingerprint density at radius 3 is 2.45 bits per heavy atom. The molecule has 0 aromatic heterocycles. The molecule has 22 heavy (non-hydrogen) atoms. The number of benzene rings is 2. The molecule has 1 amide bonds. The number of halogens is 2. The first-order valence-electron chi connectivity index (χ1n) is 6.09.